The molecular weight excluding hydrogens is 396 g/mol. The third kappa shape index (κ3) is 3.49. The second-order valence-corrected chi connectivity index (χ2v) is 13.0. The lowest BCUT2D eigenvalue weighted by atomic mass is 9.45. The van der Waals surface area contributed by atoms with Crippen LogP contribution in [0.3, 0.4) is 0 Å². The predicted octanol–water partition coefficient (Wildman–Crippen LogP) is 6.24. The van der Waals surface area contributed by atoms with Gasteiger partial charge in [-0.25, -0.2) is 0 Å². The van der Waals surface area contributed by atoms with Crippen molar-refractivity contribution in [3.63, 3.8) is 0 Å². The van der Waals surface area contributed by atoms with Gasteiger partial charge in [-0.15, -0.1) is 0 Å². The molecule has 2 unspecified atom stereocenters. The van der Waals surface area contributed by atoms with Gasteiger partial charge in [-0.2, -0.15) is 0 Å². The van der Waals surface area contributed by atoms with Crippen LogP contribution >= 0.6 is 0 Å². The van der Waals surface area contributed by atoms with Crippen LogP contribution < -0.4 is 0 Å². The molecular formula is C29H46O3. The zero-order valence-electron chi connectivity index (χ0n) is 21.3. The molecule has 32 heavy (non-hydrogen) atoms. The first kappa shape index (κ1) is 24.2. The van der Waals surface area contributed by atoms with E-state index in [1.165, 1.54) is 30.4 Å². The van der Waals surface area contributed by atoms with Gasteiger partial charge in [-0.1, -0.05) is 52.3 Å². The molecule has 3 nitrogen and oxygen atoms in total. The Morgan fingerprint density at radius 3 is 2.47 bits per heavy atom. The molecule has 0 aromatic rings. The SMILES string of the molecule is C=C(C)[C@@H](O)CC[C@@H](C)[C@H]1CCC2C3=C(CC[C@@]21C)[C@@]1(C)CCC(=O)C(C)(C)C1C[C@H]3O. The summed E-state index contributed by atoms with van der Waals surface area (Å²) in [7, 11) is 0. The summed E-state index contributed by atoms with van der Waals surface area (Å²) in [6.45, 7) is 17.3. The highest BCUT2D eigenvalue weighted by molar-refractivity contribution is 5.85. The van der Waals surface area contributed by atoms with Crippen LogP contribution in [-0.2, 0) is 4.79 Å². The minimum atomic E-state index is -0.392. The van der Waals surface area contributed by atoms with Crippen molar-refractivity contribution in [2.75, 3.05) is 0 Å². The Morgan fingerprint density at radius 1 is 1.12 bits per heavy atom. The standard InChI is InChI=1S/C29H46O3/c1-17(2)22(30)11-8-18(3)19-9-10-20-26-21(12-14-28(19,20)6)29(7)15-13-25(32)27(4,5)24(29)16-23(26)31/h18-20,22-24,30-31H,1,8-16H2,2-7H3/t18-,19-,20?,22+,23-,24?,28-,29-/m1/s1. The third-order valence-corrected chi connectivity index (χ3v) is 10.9. The highest BCUT2D eigenvalue weighted by Gasteiger charge is 2.61. The van der Waals surface area contributed by atoms with Gasteiger partial charge in [0.05, 0.1) is 12.2 Å². The molecule has 0 saturated heterocycles. The molecule has 180 valence electrons. The maximum atomic E-state index is 12.8. The molecule has 0 amide bonds. The van der Waals surface area contributed by atoms with Crippen molar-refractivity contribution in [2.45, 2.75) is 112 Å². The number of Topliss-reactive ketones (excluding diaryl/α,β-unsaturated/α-hetero) is 1. The summed E-state index contributed by atoms with van der Waals surface area (Å²) in [6, 6.07) is 0. The second kappa shape index (κ2) is 8.08. The molecule has 0 aromatic carbocycles. The summed E-state index contributed by atoms with van der Waals surface area (Å²) >= 11 is 0. The Labute approximate surface area is 195 Å². The molecule has 8 atom stereocenters. The summed E-state index contributed by atoms with van der Waals surface area (Å²) in [4.78, 5) is 12.8. The number of aliphatic hydroxyl groups excluding tert-OH is 2. The van der Waals surface area contributed by atoms with E-state index >= 15 is 0 Å². The molecule has 0 bridgehead atoms. The van der Waals surface area contributed by atoms with Crippen molar-refractivity contribution in [3.05, 3.63) is 23.3 Å². The number of allylic oxidation sites excluding steroid dienone is 1. The zero-order chi connectivity index (χ0) is 23.6. The average molecular weight is 443 g/mol. The fourth-order valence-corrected chi connectivity index (χ4v) is 8.86. The lowest BCUT2D eigenvalue weighted by molar-refractivity contribution is -0.141. The Hall–Kier alpha value is -0.930. The number of rotatable bonds is 5. The van der Waals surface area contributed by atoms with Crippen LogP contribution in [0.15, 0.2) is 23.3 Å². The van der Waals surface area contributed by atoms with Crippen molar-refractivity contribution < 1.29 is 15.0 Å². The van der Waals surface area contributed by atoms with E-state index in [-0.39, 0.29) is 22.2 Å². The minimum absolute atomic E-state index is 0.0581. The summed E-state index contributed by atoms with van der Waals surface area (Å²) in [5.41, 5.74) is 3.71. The van der Waals surface area contributed by atoms with Crippen LogP contribution in [0.4, 0.5) is 0 Å². The van der Waals surface area contributed by atoms with E-state index in [9.17, 15) is 15.0 Å². The molecule has 0 aromatic heterocycles. The minimum Gasteiger partial charge on any atom is -0.389 e. The molecule has 0 radical (unpaired) electrons. The topological polar surface area (TPSA) is 57.5 Å². The lowest BCUT2D eigenvalue weighted by Crippen LogP contribution is -2.55. The van der Waals surface area contributed by atoms with E-state index in [4.69, 9.17) is 0 Å². The number of fused-ring (bicyclic) bond motifs is 4. The third-order valence-electron chi connectivity index (χ3n) is 10.9. The molecule has 4 rings (SSSR count). The van der Waals surface area contributed by atoms with E-state index in [0.29, 0.717) is 30.0 Å². The molecule has 2 N–H and O–H groups in total. The van der Waals surface area contributed by atoms with Gasteiger partial charge in [-0.3, -0.25) is 4.79 Å². The molecule has 4 aliphatic rings. The van der Waals surface area contributed by atoms with Crippen LogP contribution in [0, 0.1) is 39.9 Å². The first-order chi connectivity index (χ1) is 14.8. The normalized spacial score (nSPS) is 42.7. The molecule has 0 spiro atoms. The maximum Gasteiger partial charge on any atom is 0.138 e. The highest BCUT2D eigenvalue weighted by atomic mass is 16.3. The smallest absolute Gasteiger partial charge is 0.138 e. The van der Waals surface area contributed by atoms with Crippen LogP contribution in [0.5, 0.6) is 0 Å². The monoisotopic (exact) mass is 442 g/mol. The number of carbonyl (C=O) groups excluding carboxylic acids is 1. The molecule has 3 heteroatoms. The number of carbonyl (C=O) groups is 1. The molecule has 2 saturated carbocycles. The molecule has 0 heterocycles. The fourth-order valence-electron chi connectivity index (χ4n) is 8.86. The fraction of sp³-hybridized carbons (Fsp3) is 0.828. The molecule has 0 aliphatic heterocycles. The number of aliphatic hydroxyl groups is 2. The number of hydrogen-bond donors (Lipinski definition) is 2. The molecule has 4 aliphatic carbocycles. The largest absolute Gasteiger partial charge is 0.389 e. The van der Waals surface area contributed by atoms with Crippen LogP contribution in [0.25, 0.3) is 0 Å². The highest BCUT2D eigenvalue weighted by Crippen LogP contribution is 2.67. The van der Waals surface area contributed by atoms with Crippen molar-refractivity contribution in [1.82, 2.24) is 0 Å². The van der Waals surface area contributed by atoms with Gasteiger partial charge in [0.25, 0.3) is 0 Å². The summed E-state index contributed by atoms with van der Waals surface area (Å²) in [5.74, 6) is 2.30. The number of ketones is 1. The summed E-state index contributed by atoms with van der Waals surface area (Å²) in [5, 5.41) is 21.7. The average Bonchev–Trinajstić information content (AvgIpc) is 3.08. The Balaban J connectivity index is 1.62. The van der Waals surface area contributed by atoms with Gasteiger partial charge in [0.2, 0.25) is 0 Å². The van der Waals surface area contributed by atoms with E-state index in [1.54, 1.807) is 0 Å². The Kier molecular flexibility index (Phi) is 6.11. The first-order valence-electron chi connectivity index (χ1n) is 13.1. The van der Waals surface area contributed by atoms with E-state index in [0.717, 1.165) is 37.7 Å². The van der Waals surface area contributed by atoms with E-state index < -0.39 is 12.2 Å². The summed E-state index contributed by atoms with van der Waals surface area (Å²) in [6.07, 6.45) is 8.09. The van der Waals surface area contributed by atoms with Gasteiger partial charge < -0.3 is 10.2 Å². The van der Waals surface area contributed by atoms with Crippen molar-refractivity contribution in [1.29, 1.82) is 0 Å². The van der Waals surface area contributed by atoms with Gasteiger partial charge in [-0.05, 0) is 98.4 Å². The van der Waals surface area contributed by atoms with Crippen LogP contribution in [0.1, 0.15) is 99.3 Å². The van der Waals surface area contributed by atoms with Crippen molar-refractivity contribution >= 4 is 5.78 Å². The van der Waals surface area contributed by atoms with E-state index in [2.05, 4.69) is 41.2 Å². The van der Waals surface area contributed by atoms with Crippen LogP contribution in [-0.4, -0.2) is 28.2 Å². The van der Waals surface area contributed by atoms with Crippen molar-refractivity contribution in [3.8, 4) is 0 Å². The van der Waals surface area contributed by atoms with Gasteiger partial charge in [0, 0.05) is 11.8 Å². The molecule has 2 fully saturated rings. The summed E-state index contributed by atoms with van der Waals surface area (Å²) < 4.78 is 0. The number of hydrogen-bond acceptors (Lipinski definition) is 3. The quantitative estimate of drug-likeness (QED) is 0.496. The van der Waals surface area contributed by atoms with Gasteiger partial charge in [0.1, 0.15) is 5.78 Å². The first-order valence-corrected chi connectivity index (χ1v) is 13.1. The van der Waals surface area contributed by atoms with Crippen LogP contribution in [0.2, 0.25) is 0 Å². The maximum absolute atomic E-state index is 12.8. The second-order valence-electron chi connectivity index (χ2n) is 13.0. The van der Waals surface area contributed by atoms with Gasteiger partial charge in [0.15, 0.2) is 0 Å². The zero-order valence-corrected chi connectivity index (χ0v) is 21.3. The predicted molar refractivity (Wildman–Crippen MR) is 130 cm³/mol. The Morgan fingerprint density at radius 2 is 1.81 bits per heavy atom. The lowest BCUT2D eigenvalue weighted by Gasteiger charge is -2.59. The Bertz CT molecular complexity index is 822. The van der Waals surface area contributed by atoms with Gasteiger partial charge >= 0.3 is 0 Å². The van der Waals surface area contributed by atoms with E-state index in [1.807, 2.05) is 6.92 Å². The van der Waals surface area contributed by atoms with Crippen molar-refractivity contribution in [2.24, 2.45) is 39.9 Å².